The SMILES string of the molecule is CC(C)(C)c1nnc(-c2cnc(Nc3ccc4c(c3)CCNC4=O)nc2N)o1. The number of fused-ring (bicyclic) bond motifs is 1. The van der Waals surface area contributed by atoms with Gasteiger partial charge in [0.15, 0.2) is 0 Å². The highest BCUT2D eigenvalue weighted by molar-refractivity contribution is 5.97. The Labute approximate surface area is 161 Å². The van der Waals surface area contributed by atoms with Gasteiger partial charge in [-0.25, -0.2) is 4.98 Å². The molecule has 0 aliphatic carbocycles. The van der Waals surface area contributed by atoms with Crippen LogP contribution in [0.2, 0.25) is 0 Å². The lowest BCUT2D eigenvalue weighted by molar-refractivity contribution is 0.0946. The second-order valence-electron chi connectivity index (χ2n) is 7.66. The summed E-state index contributed by atoms with van der Waals surface area (Å²) in [5.74, 6) is 1.33. The van der Waals surface area contributed by atoms with Gasteiger partial charge in [-0.15, -0.1) is 10.2 Å². The number of carbonyl (C=O) groups excluding carboxylic acids is 1. The predicted octanol–water partition coefficient (Wildman–Crippen LogP) is 2.44. The second-order valence-corrected chi connectivity index (χ2v) is 7.66. The Morgan fingerprint density at radius 3 is 2.75 bits per heavy atom. The fourth-order valence-electron chi connectivity index (χ4n) is 2.89. The Balaban J connectivity index is 1.57. The molecule has 0 spiro atoms. The number of benzene rings is 1. The third-order valence-corrected chi connectivity index (χ3v) is 4.40. The normalized spacial score (nSPS) is 13.8. The number of aromatic nitrogens is 4. The molecule has 0 saturated heterocycles. The number of rotatable bonds is 3. The van der Waals surface area contributed by atoms with Crippen molar-refractivity contribution in [3.8, 4) is 11.5 Å². The van der Waals surface area contributed by atoms with Crippen LogP contribution in [0.5, 0.6) is 0 Å². The molecule has 1 aromatic carbocycles. The first-order valence-corrected chi connectivity index (χ1v) is 8.96. The number of hydrogen-bond acceptors (Lipinski definition) is 8. The molecule has 9 heteroatoms. The molecule has 144 valence electrons. The molecule has 28 heavy (non-hydrogen) atoms. The number of hydrogen-bond donors (Lipinski definition) is 3. The molecule has 1 aliphatic rings. The molecule has 0 bridgehead atoms. The van der Waals surface area contributed by atoms with Gasteiger partial charge >= 0.3 is 0 Å². The summed E-state index contributed by atoms with van der Waals surface area (Å²) in [5, 5.41) is 14.1. The molecule has 1 amide bonds. The van der Waals surface area contributed by atoms with Crippen LogP contribution >= 0.6 is 0 Å². The first-order chi connectivity index (χ1) is 13.3. The van der Waals surface area contributed by atoms with E-state index in [0.717, 1.165) is 17.7 Å². The Bertz CT molecular complexity index is 1050. The smallest absolute Gasteiger partial charge is 0.253 e. The third kappa shape index (κ3) is 3.38. The van der Waals surface area contributed by atoms with Gasteiger partial charge in [-0.05, 0) is 30.2 Å². The van der Waals surface area contributed by atoms with E-state index in [1.54, 1.807) is 12.3 Å². The summed E-state index contributed by atoms with van der Waals surface area (Å²) in [6, 6.07) is 5.52. The van der Waals surface area contributed by atoms with Gasteiger partial charge in [0.05, 0.1) is 5.56 Å². The van der Waals surface area contributed by atoms with Crippen LogP contribution < -0.4 is 16.4 Å². The molecular formula is C19H21N7O2. The summed E-state index contributed by atoms with van der Waals surface area (Å²) in [6.07, 6.45) is 2.34. The molecule has 0 fully saturated rings. The summed E-state index contributed by atoms with van der Waals surface area (Å²) in [6.45, 7) is 6.59. The van der Waals surface area contributed by atoms with Crippen molar-refractivity contribution in [3.05, 3.63) is 41.4 Å². The Hall–Kier alpha value is -3.49. The number of nitrogens with one attached hydrogen (secondary N) is 2. The fourth-order valence-corrected chi connectivity index (χ4v) is 2.89. The van der Waals surface area contributed by atoms with Crippen molar-refractivity contribution in [3.63, 3.8) is 0 Å². The van der Waals surface area contributed by atoms with Crippen molar-refractivity contribution in [2.24, 2.45) is 0 Å². The van der Waals surface area contributed by atoms with Gasteiger partial charge < -0.3 is 20.8 Å². The minimum Gasteiger partial charge on any atom is -0.420 e. The van der Waals surface area contributed by atoms with E-state index in [1.807, 2.05) is 32.9 Å². The zero-order valence-electron chi connectivity index (χ0n) is 15.9. The lowest BCUT2D eigenvalue weighted by atomic mass is 9.97. The van der Waals surface area contributed by atoms with Crippen LogP contribution in [0.25, 0.3) is 11.5 Å². The maximum atomic E-state index is 11.8. The zero-order valence-corrected chi connectivity index (χ0v) is 15.9. The first-order valence-electron chi connectivity index (χ1n) is 8.96. The van der Waals surface area contributed by atoms with Crippen LogP contribution in [0, 0.1) is 0 Å². The number of nitrogens with zero attached hydrogens (tertiary/aromatic N) is 4. The van der Waals surface area contributed by atoms with E-state index in [4.69, 9.17) is 10.2 Å². The summed E-state index contributed by atoms with van der Waals surface area (Å²) >= 11 is 0. The van der Waals surface area contributed by atoms with Crippen LogP contribution in [-0.2, 0) is 11.8 Å². The lowest BCUT2D eigenvalue weighted by Gasteiger charge is -2.17. The van der Waals surface area contributed by atoms with Gasteiger partial charge in [0.25, 0.3) is 11.8 Å². The molecule has 1 aliphatic heterocycles. The average Bonchev–Trinajstić information content (AvgIpc) is 3.12. The van der Waals surface area contributed by atoms with E-state index in [2.05, 4.69) is 30.8 Å². The largest absolute Gasteiger partial charge is 0.420 e. The number of amides is 1. The summed E-state index contributed by atoms with van der Waals surface area (Å²) in [4.78, 5) is 20.4. The van der Waals surface area contributed by atoms with Crippen molar-refractivity contribution in [2.45, 2.75) is 32.6 Å². The number of nitrogen functional groups attached to an aromatic ring is 1. The molecule has 0 saturated carbocycles. The average molecular weight is 379 g/mol. The van der Waals surface area contributed by atoms with Crippen molar-refractivity contribution in [1.82, 2.24) is 25.5 Å². The summed E-state index contributed by atoms with van der Waals surface area (Å²) in [7, 11) is 0. The standard InChI is InChI=1S/C19H21N7O2/c1-19(2,3)17-26-25-16(28-17)13-9-22-18(24-14(13)20)23-11-4-5-12-10(8-11)6-7-21-15(12)27/h4-5,8-9H,6-7H2,1-3H3,(H,21,27)(H3,20,22,23,24). The van der Waals surface area contributed by atoms with E-state index in [1.165, 1.54) is 0 Å². The van der Waals surface area contributed by atoms with Crippen molar-refractivity contribution < 1.29 is 9.21 Å². The quantitative estimate of drug-likeness (QED) is 0.632. The maximum Gasteiger partial charge on any atom is 0.253 e. The van der Waals surface area contributed by atoms with E-state index in [-0.39, 0.29) is 23.0 Å². The highest BCUT2D eigenvalue weighted by Crippen LogP contribution is 2.28. The second kappa shape index (κ2) is 6.59. The van der Waals surface area contributed by atoms with E-state index in [0.29, 0.717) is 29.5 Å². The number of anilines is 3. The minimum absolute atomic E-state index is 0.0492. The summed E-state index contributed by atoms with van der Waals surface area (Å²) in [5.41, 5.74) is 8.77. The molecule has 0 radical (unpaired) electrons. The van der Waals surface area contributed by atoms with Crippen molar-refractivity contribution in [2.75, 3.05) is 17.6 Å². The summed E-state index contributed by atoms with van der Waals surface area (Å²) < 4.78 is 5.70. The van der Waals surface area contributed by atoms with Crippen LogP contribution in [0.4, 0.5) is 17.5 Å². The van der Waals surface area contributed by atoms with Gasteiger partial charge in [0, 0.05) is 29.4 Å². The van der Waals surface area contributed by atoms with Crippen molar-refractivity contribution in [1.29, 1.82) is 0 Å². The van der Waals surface area contributed by atoms with E-state index >= 15 is 0 Å². The fraction of sp³-hybridized carbons (Fsp3) is 0.316. The van der Waals surface area contributed by atoms with Crippen molar-refractivity contribution >= 4 is 23.4 Å². The minimum atomic E-state index is -0.258. The number of nitrogens with two attached hydrogens (primary N) is 1. The Kier molecular flexibility index (Phi) is 4.21. The highest BCUT2D eigenvalue weighted by Gasteiger charge is 2.23. The number of carbonyl (C=O) groups is 1. The molecule has 0 atom stereocenters. The molecule has 3 heterocycles. The van der Waals surface area contributed by atoms with Gasteiger partial charge in [-0.2, -0.15) is 4.98 Å². The highest BCUT2D eigenvalue weighted by atomic mass is 16.4. The van der Waals surface area contributed by atoms with E-state index in [9.17, 15) is 4.79 Å². The Morgan fingerprint density at radius 1 is 1.21 bits per heavy atom. The van der Waals surface area contributed by atoms with Crippen LogP contribution in [0.3, 0.4) is 0 Å². The maximum absolute atomic E-state index is 11.8. The molecule has 2 aromatic heterocycles. The zero-order chi connectivity index (χ0) is 19.9. The van der Waals surface area contributed by atoms with Crippen LogP contribution in [0.1, 0.15) is 42.6 Å². The lowest BCUT2D eigenvalue weighted by Crippen LogP contribution is -2.31. The molecule has 9 nitrogen and oxygen atoms in total. The predicted molar refractivity (Wildman–Crippen MR) is 104 cm³/mol. The molecule has 4 N–H and O–H groups in total. The van der Waals surface area contributed by atoms with Crippen LogP contribution in [0.15, 0.2) is 28.8 Å². The molecule has 3 aromatic rings. The van der Waals surface area contributed by atoms with Crippen LogP contribution in [-0.4, -0.2) is 32.6 Å². The third-order valence-electron chi connectivity index (χ3n) is 4.40. The van der Waals surface area contributed by atoms with E-state index < -0.39 is 0 Å². The molecule has 0 unspecified atom stereocenters. The van der Waals surface area contributed by atoms with Gasteiger partial charge in [-0.3, -0.25) is 4.79 Å². The Morgan fingerprint density at radius 2 is 2.04 bits per heavy atom. The van der Waals surface area contributed by atoms with Gasteiger partial charge in [-0.1, -0.05) is 20.8 Å². The molecule has 4 rings (SSSR count). The molecular weight excluding hydrogens is 358 g/mol. The monoisotopic (exact) mass is 379 g/mol. The van der Waals surface area contributed by atoms with Gasteiger partial charge in [0.2, 0.25) is 11.8 Å². The topological polar surface area (TPSA) is 132 Å². The van der Waals surface area contributed by atoms with Gasteiger partial charge in [0.1, 0.15) is 5.82 Å². The first kappa shape index (κ1) is 17.9.